The van der Waals surface area contributed by atoms with Crippen LogP contribution in [0, 0.1) is 0 Å². The molecule has 1 heterocycles. The van der Waals surface area contributed by atoms with Crippen LogP contribution in [0.3, 0.4) is 0 Å². The number of hydrogen-bond donors (Lipinski definition) is 1. The normalized spacial score (nSPS) is 23.1. The molecule has 3 nitrogen and oxygen atoms in total. The Kier molecular flexibility index (Phi) is 2.91. The van der Waals surface area contributed by atoms with Crippen LogP contribution >= 0.6 is 11.6 Å². The van der Waals surface area contributed by atoms with E-state index in [0.29, 0.717) is 22.8 Å². The van der Waals surface area contributed by atoms with Crippen LogP contribution in [0.4, 0.5) is 0 Å². The minimum atomic E-state index is -1.52. The van der Waals surface area contributed by atoms with E-state index in [2.05, 4.69) is 0 Å². The Morgan fingerprint density at radius 1 is 1.50 bits per heavy atom. The molecule has 1 atom stereocenters. The average Bonchev–Trinajstić information content (AvgIpc) is 2.50. The van der Waals surface area contributed by atoms with Crippen molar-refractivity contribution >= 4 is 17.6 Å². The van der Waals surface area contributed by atoms with Crippen LogP contribution in [0.5, 0.6) is 5.75 Å². The molecule has 1 N–H and O–H groups in total. The Balaban J connectivity index is 2.41. The Labute approximate surface area is 99.0 Å². The van der Waals surface area contributed by atoms with E-state index in [-0.39, 0.29) is 0 Å². The lowest BCUT2D eigenvalue weighted by molar-refractivity contribution is -0.152. The van der Waals surface area contributed by atoms with Gasteiger partial charge in [0.25, 0.3) is 0 Å². The van der Waals surface area contributed by atoms with Crippen LogP contribution in [0.1, 0.15) is 31.7 Å². The van der Waals surface area contributed by atoms with E-state index >= 15 is 0 Å². The smallest absolute Gasteiger partial charge is 0.348 e. The topological polar surface area (TPSA) is 46.5 Å². The highest BCUT2D eigenvalue weighted by Gasteiger charge is 2.47. The number of hydrogen-bond acceptors (Lipinski definition) is 3. The Bertz CT molecular complexity index is 430. The summed E-state index contributed by atoms with van der Waals surface area (Å²) >= 11 is 5.85. The van der Waals surface area contributed by atoms with Crippen molar-refractivity contribution in [1.29, 1.82) is 0 Å². The van der Waals surface area contributed by atoms with E-state index in [1.807, 2.05) is 6.92 Å². The van der Waals surface area contributed by atoms with Crippen molar-refractivity contribution in [3.8, 4) is 5.75 Å². The quantitative estimate of drug-likeness (QED) is 0.653. The van der Waals surface area contributed by atoms with Crippen molar-refractivity contribution in [2.45, 2.75) is 31.8 Å². The van der Waals surface area contributed by atoms with Crippen LogP contribution in [0.2, 0.25) is 5.02 Å². The third-order valence-electron chi connectivity index (χ3n) is 2.82. The second kappa shape index (κ2) is 4.07. The molecule has 0 aliphatic carbocycles. The maximum Gasteiger partial charge on any atom is 0.348 e. The van der Waals surface area contributed by atoms with Crippen molar-refractivity contribution in [3.63, 3.8) is 0 Å². The summed E-state index contributed by atoms with van der Waals surface area (Å²) in [5.41, 5.74) is -1.03. The number of carbonyl (C=O) groups excluding carboxylic acids is 1. The number of ether oxygens (including phenoxy) is 1. The van der Waals surface area contributed by atoms with Gasteiger partial charge in [0.15, 0.2) is 5.60 Å². The Morgan fingerprint density at radius 3 is 2.94 bits per heavy atom. The molecular weight excluding hydrogens is 228 g/mol. The molecule has 1 aliphatic heterocycles. The number of benzene rings is 1. The second-order valence-electron chi connectivity index (χ2n) is 3.99. The molecule has 0 saturated carbocycles. The number of esters is 1. The van der Waals surface area contributed by atoms with Gasteiger partial charge in [-0.3, -0.25) is 0 Å². The summed E-state index contributed by atoms with van der Waals surface area (Å²) < 4.78 is 5.03. The molecule has 0 aromatic heterocycles. The number of aliphatic hydroxyl groups is 1. The Hall–Kier alpha value is -1.06. The summed E-state index contributed by atoms with van der Waals surface area (Å²) in [6, 6.07) is 4.84. The van der Waals surface area contributed by atoms with Crippen molar-refractivity contribution in [1.82, 2.24) is 0 Å². The second-order valence-corrected chi connectivity index (χ2v) is 4.43. The molecule has 1 aromatic rings. The lowest BCUT2D eigenvalue weighted by Crippen LogP contribution is -2.33. The molecule has 2 rings (SSSR count). The van der Waals surface area contributed by atoms with Gasteiger partial charge in [-0.05, 0) is 31.0 Å². The molecule has 0 saturated heterocycles. The highest BCUT2D eigenvalue weighted by Crippen LogP contribution is 2.42. The van der Waals surface area contributed by atoms with E-state index in [0.717, 1.165) is 12.8 Å². The first-order valence-corrected chi connectivity index (χ1v) is 5.70. The molecule has 1 aromatic carbocycles. The van der Waals surface area contributed by atoms with Gasteiger partial charge >= 0.3 is 5.97 Å². The molecule has 0 bridgehead atoms. The molecule has 0 radical (unpaired) electrons. The van der Waals surface area contributed by atoms with Crippen LogP contribution in [-0.4, -0.2) is 11.1 Å². The minimum Gasteiger partial charge on any atom is -0.424 e. The molecule has 4 heteroatoms. The van der Waals surface area contributed by atoms with Crippen LogP contribution in [-0.2, 0) is 10.4 Å². The fourth-order valence-electron chi connectivity index (χ4n) is 1.88. The zero-order valence-corrected chi connectivity index (χ0v) is 9.75. The van der Waals surface area contributed by atoms with Gasteiger partial charge in [-0.2, -0.15) is 0 Å². The largest absolute Gasteiger partial charge is 0.424 e. The monoisotopic (exact) mass is 240 g/mol. The third-order valence-corrected chi connectivity index (χ3v) is 3.05. The predicted octanol–water partition coefficient (Wildman–Crippen LogP) is 2.64. The summed E-state index contributed by atoms with van der Waals surface area (Å²) in [6.45, 7) is 2.00. The minimum absolute atomic E-state index is 0.371. The van der Waals surface area contributed by atoms with Crippen molar-refractivity contribution in [2.75, 3.05) is 0 Å². The van der Waals surface area contributed by atoms with Crippen LogP contribution < -0.4 is 4.74 Å². The van der Waals surface area contributed by atoms with E-state index in [9.17, 15) is 9.90 Å². The van der Waals surface area contributed by atoms with Gasteiger partial charge < -0.3 is 9.84 Å². The van der Waals surface area contributed by atoms with Crippen LogP contribution in [0.25, 0.3) is 0 Å². The van der Waals surface area contributed by atoms with Gasteiger partial charge in [0, 0.05) is 10.6 Å². The SMILES string of the molecule is CCCCC1(O)C(=O)Oc2ccc(Cl)cc21. The van der Waals surface area contributed by atoms with E-state index in [4.69, 9.17) is 16.3 Å². The number of halogens is 1. The van der Waals surface area contributed by atoms with Gasteiger partial charge in [0.2, 0.25) is 0 Å². The molecule has 0 fully saturated rings. The highest BCUT2D eigenvalue weighted by atomic mass is 35.5. The summed E-state index contributed by atoms with van der Waals surface area (Å²) in [4.78, 5) is 11.7. The lowest BCUT2D eigenvalue weighted by atomic mass is 9.90. The molecule has 16 heavy (non-hydrogen) atoms. The van der Waals surface area contributed by atoms with Crippen LogP contribution in [0.15, 0.2) is 18.2 Å². The molecule has 1 unspecified atom stereocenters. The molecule has 86 valence electrons. The van der Waals surface area contributed by atoms with Gasteiger partial charge in [0.1, 0.15) is 5.75 Å². The van der Waals surface area contributed by atoms with Crippen molar-refractivity contribution in [2.24, 2.45) is 0 Å². The maximum absolute atomic E-state index is 11.7. The molecule has 0 spiro atoms. The third kappa shape index (κ3) is 1.70. The molecule has 0 amide bonds. The maximum atomic E-state index is 11.7. The first-order chi connectivity index (χ1) is 7.58. The first kappa shape index (κ1) is 11.4. The summed E-state index contributed by atoms with van der Waals surface area (Å²) in [7, 11) is 0. The first-order valence-electron chi connectivity index (χ1n) is 5.32. The lowest BCUT2D eigenvalue weighted by Gasteiger charge is -2.18. The van der Waals surface area contributed by atoms with E-state index in [1.54, 1.807) is 18.2 Å². The summed E-state index contributed by atoms with van der Waals surface area (Å²) in [5, 5.41) is 10.8. The number of unbranched alkanes of at least 4 members (excludes halogenated alkanes) is 1. The fraction of sp³-hybridized carbons (Fsp3) is 0.417. The zero-order valence-electron chi connectivity index (χ0n) is 9.00. The highest BCUT2D eigenvalue weighted by molar-refractivity contribution is 6.30. The fourth-order valence-corrected chi connectivity index (χ4v) is 2.05. The predicted molar refractivity (Wildman–Crippen MR) is 60.5 cm³/mol. The van der Waals surface area contributed by atoms with Gasteiger partial charge in [-0.15, -0.1) is 0 Å². The molecule has 1 aliphatic rings. The Morgan fingerprint density at radius 2 is 2.25 bits per heavy atom. The van der Waals surface area contributed by atoms with Crippen molar-refractivity contribution < 1.29 is 14.6 Å². The summed E-state index contributed by atoms with van der Waals surface area (Å²) in [6.07, 6.45) is 2.04. The van der Waals surface area contributed by atoms with Gasteiger partial charge in [-0.1, -0.05) is 24.9 Å². The van der Waals surface area contributed by atoms with E-state index < -0.39 is 11.6 Å². The number of rotatable bonds is 3. The van der Waals surface area contributed by atoms with Gasteiger partial charge in [0.05, 0.1) is 0 Å². The van der Waals surface area contributed by atoms with E-state index in [1.165, 1.54) is 0 Å². The molecular formula is C12H13ClO3. The summed E-state index contributed by atoms with van der Waals surface area (Å²) in [5.74, 6) is -0.189. The zero-order chi connectivity index (χ0) is 11.8. The number of carbonyl (C=O) groups is 1. The van der Waals surface area contributed by atoms with Gasteiger partial charge in [-0.25, -0.2) is 4.79 Å². The number of fused-ring (bicyclic) bond motifs is 1. The average molecular weight is 241 g/mol. The van der Waals surface area contributed by atoms with Crippen molar-refractivity contribution in [3.05, 3.63) is 28.8 Å². The standard InChI is InChI=1S/C12H13ClO3/c1-2-3-6-12(15)9-7-8(13)4-5-10(9)16-11(12)14/h4-5,7,15H,2-3,6H2,1H3.